The van der Waals surface area contributed by atoms with Crippen LogP contribution in [0.1, 0.15) is 25.8 Å². The summed E-state index contributed by atoms with van der Waals surface area (Å²) in [6.45, 7) is 1.79. The fourth-order valence-corrected chi connectivity index (χ4v) is 2.33. The fraction of sp³-hybridized carbons (Fsp3) is 0.444. The molecule has 1 aromatic rings. The van der Waals surface area contributed by atoms with Crippen LogP contribution in [0.4, 0.5) is 9.18 Å². The second-order valence-electron chi connectivity index (χ2n) is 6.33. The van der Waals surface area contributed by atoms with Crippen LogP contribution in [0.25, 0.3) is 0 Å². The lowest BCUT2D eigenvalue weighted by atomic mass is 10.0. The van der Waals surface area contributed by atoms with Gasteiger partial charge in [-0.25, -0.2) is 9.18 Å². The van der Waals surface area contributed by atoms with Gasteiger partial charge in [0.25, 0.3) is 0 Å². The summed E-state index contributed by atoms with van der Waals surface area (Å²) in [5.74, 6) is -3.66. The minimum absolute atomic E-state index is 0.0581. The lowest BCUT2D eigenvalue weighted by Crippen LogP contribution is -2.54. The van der Waals surface area contributed by atoms with Crippen LogP contribution in [-0.4, -0.2) is 47.6 Å². The van der Waals surface area contributed by atoms with Gasteiger partial charge < -0.3 is 20.5 Å². The molecule has 10 heteroatoms. The Labute approximate surface area is 166 Å². The number of hydrogen-bond acceptors (Lipinski definition) is 5. The van der Waals surface area contributed by atoms with E-state index in [0.29, 0.717) is 10.6 Å². The van der Waals surface area contributed by atoms with Crippen LogP contribution in [0.3, 0.4) is 0 Å². The fourth-order valence-electron chi connectivity index (χ4n) is 2.21. The summed E-state index contributed by atoms with van der Waals surface area (Å²) < 4.78 is 17.6. The van der Waals surface area contributed by atoms with E-state index in [1.54, 1.807) is 38.1 Å². The Morgan fingerprint density at radius 1 is 1.14 bits per heavy atom. The van der Waals surface area contributed by atoms with Gasteiger partial charge in [-0.3, -0.25) is 14.4 Å². The Balaban J connectivity index is 2.70. The molecule has 2 atom stereocenters. The normalized spacial score (nSPS) is 12.8. The predicted octanol–water partition coefficient (Wildman–Crippen LogP) is 2.09. The average molecular weight is 417 g/mol. The zero-order valence-electron chi connectivity index (χ0n) is 15.4. The second-order valence-corrected chi connectivity index (χ2v) is 6.76. The highest BCUT2D eigenvalue weighted by Gasteiger charge is 2.30. The molecular weight excluding hydrogens is 395 g/mol. The summed E-state index contributed by atoms with van der Waals surface area (Å²) in [6.07, 6.45) is -1.64. The molecule has 0 saturated heterocycles. The highest BCUT2D eigenvalue weighted by Crippen LogP contribution is 2.11. The molecule has 1 unspecified atom stereocenters. The zero-order valence-corrected chi connectivity index (χ0v) is 16.2. The van der Waals surface area contributed by atoms with Crippen molar-refractivity contribution in [3.63, 3.8) is 0 Å². The maximum Gasteiger partial charge on any atom is 0.408 e. The van der Waals surface area contributed by atoms with Gasteiger partial charge in [-0.2, -0.15) is 0 Å². The van der Waals surface area contributed by atoms with Crippen molar-refractivity contribution in [2.24, 2.45) is 5.92 Å². The molecule has 0 aliphatic carbocycles. The molecule has 1 aromatic carbocycles. The van der Waals surface area contributed by atoms with Gasteiger partial charge in [0, 0.05) is 5.02 Å². The number of alkyl halides is 1. The van der Waals surface area contributed by atoms with E-state index in [4.69, 9.17) is 21.4 Å². The minimum Gasteiger partial charge on any atom is -0.481 e. The third-order valence-electron chi connectivity index (χ3n) is 3.72. The van der Waals surface area contributed by atoms with Gasteiger partial charge in [0.05, 0.1) is 6.42 Å². The minimum atomic E-state index is -1.52. The van der Waals surface area contributed by atoms with Gasteiger partial charge in [-0.05, 0) is 23.6 Å². The Morgan fingerprint density at radius 2 is 1.75 bits per heavy atom. The largest absolute Gasteiger partial charge is 0.481 e. The quantitative estimate of drug-likeness (QED) is 0.537. The molecular formula is C18H22ClFN2O6. The first-order chi connectivity index (χ1) is 13.1. The average Bonchev–Trinajstić information content (AvgIpc) is 2.63. The Morgan fingerprint density at radius 3 is 2.25 bits per heavy atom. The summed E-state index contributed by atoms with van der Waals surface area (Å²) >= 11 is 5.77. The van der Waals surface area contributed by atoms with Crippen molar-refractivity contribution >= 4 is 35.4 Å². The van der Waals surface area contributed by atoms with E-state index >= 15 is 0 Å². The second kappa shape index (κ2) is 11.2. The van der Waals surface area contributed by atoms with E-state index in [1.807, 2.05) is 0 Å². The van der Waals surface area contributed by atoms with Gasteiger partial charge in [0.1, 0.15) is 25.4 Å². The summed E-state index contributed by atoms with van der Waals surface area (Å²) in [4.78, 5) is 46.7. The van der Waals surface area contributed by atoms with Crippen molar-refractivity contribution in [1.29, 1.82) is 0 Å². The van der Waals surface area contributed by atoms with E-state index in [-0.39, 0.29) is 6.61 Å². The first kappa shape index (κ1) is 23.4. The van der Waals surface area contributed by atoms with Crippen molar-refractivity contribution in [3.05, 3.63) is 34.9 Å². The predicted molar refractivity (Wildman–Crippen MR) is 98.6 cm³/mol. The third-order valence-corrected chi connectivity index (χ3v) is 3.97. The maximum atomic E-state index is 12.6. The van der Waals surface area contributed by atoms with Crippen LogP contribution >= 0.6 is 11.6 Å². The van der Waals surface area contributed by atoms with Crippen molar-refractivity contribution in [2.45, 2.75) is 39.0 Å². The molecule has 1 rings (SSSR count). The van der Waals surface area contributed by atoms with Crippen LogP contribution < -0.4 is 10.6 Å². The molecule has 8 nitrogen and oxygen atoms in total. The number of rotatable bonds is 10. The topological polar surface area (TPSA) is 122 Å². The molecule has 28 heavy (non-hydrogen) atoms. The van der Waals surface area contributed by atoms with Crippen LogP contribution in [-0.2, 0) is 25.7 Å². The first-order valence-electron chi connectivity index (χ1n) is 8.42. The molecule has 2 amide bonds. The molecule has 3 N–H and O–H groups in total. The molecule has 0 aliphatic heterocycles. The molecule has 0 radical (unpaired) electrons. The van der Waals surface area contributed by atoms with Crippen molar-refractivity contribution in [2.75, 3.05) is 6.67 Å². The van der Waals surface area contributed by atoms with Crippen LogP contribution in [0.15, 0.2) is 24.3 Å². The number of hydrogen-bond donors (Lipinski definition) is 3. The van der Waals surface area contributed by atoms with E-state index in [2.05, 4.69) is 10.6 Å². The molecule has 0 fully saturated rings. The van der Waals surface area contributed by atoms with E-state index in [9.17, 15) is 23.6 Å². The number of amides is 2. The zero-order chi connectivity index (χ0) is 21.3. The van der Waals surface area contributed by atoms with Crippen molar-refractivity contribution in [1.82, 2.24) is 10.6 Å². The molecule has 0 saturated carbocycles. The number of carboxylic acid groups (broad SMARTS) is 1. The third kappa shape index (κ3) is 7.91. The van der Waals surface area contributed by atoms with E-state index in [1.165, 1.54) is 0 Å². The molecule has 154 valence electrons. The number of halogens is 2. The van der Waals surface area contributed by atoms with Crippen molar-refractivity contribution < 1.29 is 33.4 Å². The van der Waals surface area contributed by atoms with Crippen LogP contribution in [0.5, 0.6) is 0 Å². The summed E-state index contributed by atoms with van der Waals surface area (Å²) in [5, 5.41) is 13.9. The van der Waals surface area contributed by atoms with Crippen LogP contribution in [0, 0.1) is 5.92 Å². The lowest BCUT2D eigenvalue weighted by molar-refractivity contribution is -0.140. The number of Topliss-reactive ketones (excluding diaryl/α,β-unsaturated/α-hetero) is 1. The van der Waals surface area contributed by atoms with Gasteiger partial charge in [-0.15, -0.1) is 0 Å². The Hall–Kier alpha value is -2.68. The summed E-state index contributed by atoms with van der Waals surface area (Å²) in [5.41, 5.74) is 0.681. The van der Waals surface area contributed by atoms with E-state index < -0.39 is 54.8 Å². The SMILES string of the molecule is CC(C)[C@H](NC(=O)OCc1ccc(Cl)cc1)C(=O)NC(CC(=O)O)C(=O)CF. The molecule has 0 aromatic heterocycles. The highest BCUT2D eigenvalue weighted by atomic mass is 35.5. The van der Waals surface area contributed by atoms with Crippen LogP contribution in [0.2, 0.25) is 5.02 Å². The lowest BCUT2D eigenvalue weighted by Gasteiger charge is -2.24. The number of carboxylic acids is 1. The van der Waals surface area contributed by atoms with E-state index in [0.717, 1.165) is 0 Å². The maximum absolute atomic E-state index is 12.6. The molecule has 0 aliphatic rings. The molecule has 0 heterocycles. The number of nitrogens with one attached hydrogen (secondary N) is 2. The van der Waals surface area contributed by atoms with Gasteiger partial charge in [0.2, 0.25) is 5.91 Å². The van der Waals surface area contributed by atoms with Crippen molar-refractivity contribution in [3.8, 4) is 0 Å². The molecule has 0 bridgehead atoms. The number of aliphatic carboxylic acids is 1. The summed E-state index contributed by atoms with van der Waals surface area (Å²) in [6, 6.07) is 3.97. The smallest absolute Gasteiger partial charge is 0.408 e. The van der Waals surface area contributed by atoms with Gasteiger partial charge in [-0.1, -0.05) is 37.6 Å². The highest BCUT2D eigenvalue weighted by molar-refractivity contribution is 6.30. The molecule has 0 spiro atoms. The number of carbonyl (C=O) groups excluding carboxylic acids is 3. The monoisotopic (exact) mass is 416 g/mol. The number of benzene rings is 1. The Kier molecular flexibility index (Phi) is 9.37. The number of carbonyl (C=O) groups is 4. The standard InChI is InChI=1S/C18H22ClFN2O6/c1-10(2)16(17(26)21-13(7-15(24)25)14(23)8-20)22-18(27)28-9-11-3-5-12(19)6-4-11/h3-6,10,13,16H,7-9H2,1-2H3,(H,21,26)(H,22,27)(H,24,25)/t13?,16-/m0/s1. The number of ether oxygens (including phenoxy) is 1. The first-order valence-corrected chi connectivity index (χ1v) is 8.80. The van der Waals surface area contributed by atoms with Gasteiger partial charge in [0.15, 0.2) is 5.78 Å². The number of ketones is 1. The number of alkyl carbamates (subject to hydrolysis) is 1. The summed E-state index contributed by atoms with van der Waals surface area (Å²) in [7, 11) is 0. The Bertz CT molecular complexity index is 711. The van der Waals surface area contributed by atoms with Gasteiger partial charge >= 0.3 is 12.1 Å².